The highest BCUT2D eigenvalue weighted by atomic mass is 79.9. The van der Waals surface area contributed by atoms with E-state index in [9.17, 15) is 9.18 Å². The Labute approximate surface area is 119 Å². The number of hydrogen-bond acceptors (Lipinski definition) is 2. The minimum Gasteiger partial charge on any atom is -0.494 e. The minimum atomic E-state index is -0.606. The fraction of sp³-hybridized carbons (Fsp3) is 0.133. The van der Waals surface area contributed by atoms with Crippen LogP contribution in [-0.2, 0) is 6.42 Å². The maximum atomic E-state index is 14.0. The molecule has 4 heteroatoms. The Morgan fingerprint density at radius 1 is 1.26 bits per heavy atom. The summed E-state index contributed by atoms with van der Waals surface area (Å²) in [6, 6.07) is 12.0. The average Bonchev–Trinajstić information content (AvgIpc) is 2.39. The third kappa shape index (κ3) is 3.20. The largest absolute Gasteiger partial charge is 0.494 e. The zero-order valence-corrected chi connectivity index (χ0v) is 11.9. The molecular formula is C15H12BrFO2. The summed E-state index contributed by atoms with van der Waals surface area (Å²) < 4.78 is 19.7. The van der Waals surface area contributed by atoms with Crippen molar-refractivity contribution in [3.05, 3.63) is 63.9 Å². The summed E-state index contributed by atoms with van der Waals surface area (Å²) in [6.45, 7) is 0. The molecule has 0 aliphatic rings. The fourth-order valence-corrected chi connectivity index (χ4v) is 2.26. The topological polar surface area (TPSA) is 26.3 Å². The number of ketones is 1. The number of hydrogen-bond donors (Lipinski definition) is 0. The Morgan fingerprint density at radius 2 is 2.00 bits per heavy atom. The van der Waals surface area contributed by atoms with Crippen LogP contribution in [-0.4, -0.2) is 12.9 Å². The van der Waals surface area contributed by atoms with Gasteiger partial charge in [0.15, 0.2) is 17.3 Å². The van der Waals surface area contributed by atoms with Gasteiger partial charge < -0.3 is 4.74 Å². The molecule has 0 radical (unpaired) electrons. The molecule has 0 atom stereocenters. The van der Waals surface area contributed by atoms with Gasteiger partial charge in [0.1, 0.15) is 0 Å². The van der Waals surface area contributed by atoms with E-state index in [-0.39, 0.29) is 23.5 Å². The monoisotopic (exact) mass is 322 g/mol. The summed E-state index contributed by atoms with van der Waals surface area (Å²) in [5.41, 5.74) is 0.890. The highest BCUT2D eigenvalue weighted by molar-refractivity contribution is 9.10. The molecule has 2 aromatic rings. The van der Waals surface area contributed by atoms with Crippen molar-refractivity contribution in [3.63, 3.8) is 0 Å². The van der Waals surface area contributed by atoms with E-state index in [1.165, 1.54) is 19.2 Å². The maximum Gasteiger partial charge on any atom is 0.175 e. The van der Waals surface area contributed by atoms with Crippen LogP contribution in [0.15, 0.2) is 46.9 Å². The van der Waals surface area contributed by atoms with E-state index in [2.05, 4.69) is 15.9 Å². The van der Waals surface area contributed by atoms with Crippen LogP contribution in [0.5, 0.6) is 5.75 Å². The number of Topliss-reactive ketones (excluding diaryl/α,β-unsaturated/α-hetero) is 1. The lowest BCUT2D eigenvalue weighted by Gasteiger charge is -2.07. The van der Waals surface area contributed by atoms with E-state index in [0.29, 0.717) is 0 Å². The molecule has 0 fully saturated rings. The molecule has 0 unspecified atom stereocenters. The van der Waals surface area contributed by atoms with Crippen molar-refractivity contribution in [2.24, 2.45) is 0 Å². The number of methoxy groups -OCH3 is 1. The molecule has 98 valence electrons. The lowest BCUT2D eigenvalue weighted by atomic mass is 10.0. The van der Waals surface area contributed by atoms with E-state index < -0.39 is 5.82 Å². The van der Waals surface area contributed by atoms with Gasteiger partial charge in [-0.3, -0.25) is 4.79 Å². The van der Waals surface area contributed by atoms with Gasteiger partial charge in [-0.2, -0.15) is 0 Å². The van der Waals surface area contributed by atoms with Crippen LogP contribution in [0.3, 0.4) is 0 Å². The highest BCUT2D eigenvalue weighted by Gasteiger charge is 2.15. The van der Waals surface area contributed by atoms with Gasteiger partial charge in [0.05, 0.1) is 12.7 Å². The summed E-state index contributed by atoms with van der Waals surface area (Å²) in [5, 5.41) is 0. The number of carbonyl (C=O) groups is 1. The summed E-state index contributed by atoms with van der Waals surface area (Å²) in [4.78, 5) is 12.1. The SMILES string of the molecule is COc1cccc(C(=O)Cc2cccc(Br)c2)c1F. The molecule has 2 aromatic carbocycles. The smallest absolute Gasteiger partial charge is 0.175 e. The van der Waals surface area contributed by atoms with Gasteiger partial charge >= 0.3 is 0 Å². The lowest BCUT2D eigenvalue weighted by Crippen LogP contribution is -2.07. The first-order valence-electron chi connectivity index (χ1n) is 5.72. The van der Waals surface area contributed by atoms with Crippen LogP contribution >= 0.6 is 15.9 Å². The number of halogens is 2. The molecule has 2 nitrogen and oxygen atoms in total. The number of carbonyl (C=O) groups excluding carboxylic acids is 1. The lowest BCUT2D eigenvalue weighted by molar-refractivity contribution is 0.0988. The van der Waals surface area contributed by atoms with Gasteiger partial charge in [-0.25, -0.2) is 4.39 Å². The predicted octanol–water partition coefficient (Wildman–Crippen LogP) is 4.02. The van der Waals surface area contributed by atoms with Crippen molar-refractivity contribution in [3.8, 4) is 5.75 Å². The molecule has 0 aromatic heterocycles. The molecule has 2 rings (SSSR count). The molecule has 0 saturated carbocycles. The van der Waals surface area contributed by atoms with Crippen LogP contribution in [0.25, 0.3) is 0 Å². The maximum absolute atomic E-state index is 14.0. The average molecular weight is 323 g/mol. The van der Waals surface area contributed by atoms with Crippen molar-refractivity contribution >= 4 is 21.7 Å². The summed E-state index contributed by atoms with van der Waals surface area (Å²) in [7, 11) is 1.38. The zero-order chi connectivity index (χ0) is 13.8. The molecule has 0 spiro atoms. The molecule has 0 amide bonds. The van der Waals surface area contributed by atoms with Crippen LogP contribution in [0.4, 0.5) is 4.39 Å². The van der Waals surface area contributed by atoms with Crippen LogP contribution in [0.2, 0.25) is 0 Å². The van der Waals surface area contributed by atoms with Gasteiger partial charge in [0.2, 0.25) is 0 Å². The molecule has 0 aliphatic heterocycles. The summed E-state index contributed by atoms with van der Waals surface area (Å²) >= 11 is 3.34. The molecule has 0 saturated heterocycles. The van der Waals surface area contributed by atoms with Crippen molar-refractivity contribution in [1.29, 1.82) is 0 Å². The van der Waals surface area contributed by atoms with E-state index in [1.54, 1.807) is 6.07 Å². The number of rotatable bonds is 4. The Kier molecular flexibility index (Phi) is 4.32. The second-order valence-corrected chi connectivity index (χ2v) is 4.97. The van der Waals surface area contributed by atoms with Gasteiger partial charge in [-0.1, -0.05) is 34.1 Å². The van der Waals surface area contributed by atoms with Crippen molar-refractivity contribution < 1.29 is 13.9 Å². The van der Waals surface area contributed by atoms with Crippen LogP contribution < -0.4 is 4.74 Å². The van der Waals surface area contributed by atoms with Gasteiger partial charge in [-0.05, 0) is 29.8 Å². The van der Waals surface area contributed by atoms with Gasteiger partial charge in [-0.15, -0.1) is 0 Å². The quantitative estimate of drug-likeness (QED) is 0.795. The highest BCUT2D eigenvalue weighted by Crippen LogP contribution is 2.22. The van der Waals surface area contributed by atoms with Crippen LogP contribution in [0, 0.1) is 5.82 Å². The molecule has 0 bridgehead atoms. The second-order valence-electron chi connectivity index (χ2n) is 4.05. The third-order valence-corrected chi connectivity index (χ3v) is 3.23. The van der Waals surface area contributed by atoms with Crippen LogP contribution in [0.1, 0.15) is 15.9 Å². The minimum absolute atomic E-state index is 0.0549. The van der Waals surface area contributed by atoms with E-state index in [4.69, 9.17) is 4.74 Å². The van der Waals surface area contributed by atoms with Gasteiger partial charge in [0, 0.05) is 10.9 Å². The molecule has 0 N–H and O–H groups in total. The normalized spacial score (nSPS) is 10.3. The first-order valence-corrected chi connectivity index (χ1v) is 6.51. The molecule has 19 heavy (non-hydrogen) atoms. The molecular weight excluding hydrogens is 311 g/mol. The molecule has 0 heterocycles. The van der Waals surface area contributed by atoms with Crippen molar-refractivity contribution in [2.45, 2.75) is 6.42 Å². The Morgan fingerprint density at radius 3 is 2.68 bits per heavy atom. The first kappa shape index (κ1) is 13.7. The first-order chi connectivity index (χ1) is 9.11. The van der Waals surface area contributed by atoms with E-state index in [0.717, 1.165) is 10.0 Å². The fourth-order valence-electron chi connectivity index (χ4n) is 1.81. The van der Waals surface area contributed by atoms with E-state index >= 15 is 0 Å². The van der Waals surface area contributed by atoms with Crippen molar-refractivity contribution in [2.75, 3.05) is 7.11 Å². The summed E-state index contributed by atoms with van der Waals surface area (Å²) in [6.07, 6.45) is 0.156. The Bertz CT molecular complexity index is 611. The number of benzene rings is 2. The second kappa shape index (κ2) is 5.97. The molecule has 0 aliphatic carbocycles. The predicted molar refractivity (Wildman–Crippen MR) is 75.1 cm³/mol. The van der Waals surface area contributed by atoms with E-state index in [1.807, 2.05) is 24.3 Å². The zero-order valence-electron chi connectivity index (χ0n) is 10.3. The van der Waals surface area contributed by atoms with Crippen molar-refractivity contribution in [1.82, 2.24) is 0 Å². The third-order valence-electron chi connectivity index (χ3n) is 2.74. The Hall–Kier alpha value is -1.68. The summed E-state index contributed by atoms with van der Waals surface area (Å²) in [5.74, 6) is -0.792. The standard InChI is InChI=1S/C15H12BrFO2/c1-19-14-7-3-6-12(15(14)17)13(18)9-10-4-2-5-11(16)8-10/h2-8H,9H2,1H3. The Balaban J connectivity index is 2.25. The van der Waals surface area contributed by atoms with Gasteiger partial charge in [0.25, 0.3) is 0 Å². The number of ether oxygens (including phenoxy) is 1.